The number of pyridine rings is 1. The molecule has 0 fully saturated rings. The number of nitrogens with zero attached hydrogens (tertiary/aromatic N) is 5. The van der Waals surface area contributed by atoms with E-state index < -0.39 is 21.2 Å². The third-order valence-corrected chi connectivity index (χ3v) is 3.79. The van der Waals surface area contributed by atoms with E-state index in [1.807, 2.05) is 0 Å². The highest BCUT2D eigenvalue weighted by Gasteiger charge is 2.22. The zero-order valence-electron chi connectivity index (χ0n) is 13.5. The van der Waals surface area contributed by atoms with Gasteiger partial charge in [0.05, 0.1) is 27.0 Å². The Labute approximate surface area is 150 Å². The van der Waals surface area contributed by atoms with Gasteiger partial charge in [-0.2, -0.15) is 4.98 Å². The third kappa shape index (κ3) is 3.22. The molecule has 0 aliphatic rings. The molecule has 0 radical (unpaired) electrons. The van der Waals surface area contributed by atoms with Gasteiger partial charge in [-0.05, 0) is 25.5 Å². The van der Waals surface area contributed by atoms with E-state index in [0.29, 0.717) is 11.3 Å². The van der Waals surface area contributed by atoms with Crippen LogP contribution < -0.4 is 0 Å². The fourth-order valence-corrected chi connectivity index (χ4v) is 2.80. The molecule has 0 N–H and O–H groups in total. The first-order chi connectivity index (χ1) is 12.3. The predicted octanol–water partition coefficient (Wildman–Crippen LogP) is 3.89. The van der Waals surface area contributed by atoms with Gasteiger partial charge in [-0.15, -0.1) is 0 Å². The van der Waals surface area contributed by atoms with Crippen LogP contribution in [0.4, 0.5) is 11.4 Å². The Morgan fingerprint density at radius 1 is 1.00 bits per heavy atom. The summed E-state index contributed by atoms with van der Waals surface area (Å²) in [5.41, 5.74) is 1.07. The number of non-ortho nitro benzene ring substituents is 2. The number of hydrogen-bond donors (Lipinski definition) is 0. The highest BCUT2D eigenvalue weighted by molar-refractivity contribution is 6.32. The lowest BCUT2D eigenvalue weighted by Crippen LogP contribution is -1.94. The van der Waals surface area contributed by atoms with E-state index in [2.05, 4.69) is 15.1 Å². The molecule has 0 spiro atoms. The molecule has 2 heterocycles. The van der Waals surface area contributed by atoms with Gasteiger partial charge in [-0.25, -0.2) is 4.98 Å². The molecule has 2 aromatic heterocycles. The fraction of sp³-hybridized carbons (Fsp3) is 0.133. The fourth-order valence-electron chi connectivity index (χ4n) is 2.43. The zero-order valence-corrected chi connectivity index (χ0v) is 14.2. The largest absolute Gasteiger partial charge is 0.334 e. The molecule has 0 amide bonds. The van der Waals surface area contributed by atoms with Gasteiger partial charge in [0, 0.05) is 17.8 Å². The number of aromatic nitrogens is 3. The van der Waals surface area contributed by atoms with E-state index in [9.17, 15) is 20.2 Å². The second-order valence-electron chi connectivity index (χ2n) is 5.42. The minimum absolute atomic E-state index is 0.0542. The Balaban J connectivity index is 2.11. The molecule has 3 rings (SSSR count). The SMILES string of the molecule is Cc1cc(C)c(-c2noc(-c3cc([N+](=O)[O-])cc([N+](=O)[O-])c3)n2)c(Cl)n1. The number of hydrogen-bond acceptors (Lipinski definition) is 8. The van der Waals surface area contributed by atoms with E-state index in [1.54, 1.807) is 19.9 Å². The van der Waals surface area contributed by atoms with Crippen molar-refractivity contribution < 1.29 is 14.4 Å². The minimum Gasteiger partial charge on any atom is -0.334 e. The number of nitro benzene ring substituents is 2. The Hall–Kier alpha value is -3.40. The first-order valence-electron chi connectivity index (χ1n) is 7.18. The van der Waals surface area contributed by atoms with E-state index in [0.717, 1.165) is 23.8 Å². The van der Waals surface area contributed by atoms with Gasteiger partial charge < -0.3 is 4.52 Å². The van der Waals surface area contributed by atoms with Crippen molar-refractivity contribution in [2.45, 2.75) is 13.8 Å². The van der Waals surface area contributed by atoms with Crippen molar-refractivity contribution in [1.29, 1.82) is 0 Å². The second-order valence-corrected chi connectivity index (χ2v) is 5.78. The maximum Gasteiger partial charge on any atom is 0.277 e. The Kier molecular flexibility index (Phi) is 4.34. The minimum atomic E-state index is -0.737. The summed E-state index contributed by atoms with van der Waals surface area (Å²) in [6, 6.07) is 4.87. The summed E-state index contributed by atoms with van der Waals surface area (Å²) in [5.74, 6) is 0.0204. The Morgan fingerprint density at radius 2 is 1.62 bits per heavy atom. The van der Waals surface area contributed by atoms with Crippen LogP contribution >= 0.6 is 11.6 Å². The summed E-state index contributed by atoms with van der Waals surface area (Å²) < 4.78 is 5.12. The molecular weight excluding hydrogens is 366 g/mol. The lowest BCUT2D eigenvalue weighted by atomic mass is 10.1. The molecule has 0 aliphatic carbocycles. The van der Waals surface area contributed by atoms with Crippen LogP contribution in [0.1, 0.15) is 11.3 Å². The van der Waals surface area contributed by atoms with Crippen molar-refractivity contribution in [1.82, 2.24) is 15.1 Å². The van der Waals surface area contributed by atoms with Crippen molar-refractivity contribution in [2.75, 3.05) is 0 Å². The molecule has 0 atom stereocenters. The van der Waals surface area contributed by atoms with E-state index in [1.165, 1.54) is 0 Å². The maximum absolute atomic E-state index is 11.0. The Morgan fingerprint density at radius 3 is 2.15 bits per heavy atom. The van der Waals surface area contributed by atoms with Gasteiger partial charge in [-0.1, -0.05) is 16.8 Å². The topological polar surface area (TPSA) is 138 Å². The highest BCUT2D eigenvalue weighted by atomic mass is 35.5. The van der Waals surface area contributed by atoms with Crippen molar-refractivity contribution in [2.24, 2.45) is 0 Å². The molecule has 0 saturated heterocycles. The number of halogens is 1. The van der Waals surface area contributed by atoms with Crippen LogP contribution in [0.2, 0.25) is 5.15 Å². The lowest BCUT2D eigenvalue weighted by Gasteiger charge is -2.04. The number of rotatable bonds is 4. The van der Waals surface area contributed by atoms with Gasteiger partial charge in [0.15, 0.2) is 0 Å². The number of benzene rings is 1. The molecule has 26 heavy (non-hydrogen) atoms. The second kappa shape index (κ2) is 6.48. The van der Waals surface area contributed by atoms with Gasteiger partial charge in [-0.3, -0.25) is 20.2 Å². The normalized spacial score (nSPS) is 10.7. The standard InChI is InChI=1S/C15H10ClN5O5/c1-7-3-8(2)17-13(16)12(7)14-18-15(26-19-14)9-4-10(20(22)23)6-11(5-9)21(24)25/h3-6H,1-2H3. The van der Waals surface area contributed by atoms with Crippen LogP contribution in [-0.2, 0) is 0 Å². The molecule has 0 aliphatic heterocycles. The van der Waals surface area contributed by atoms with Crippen LogP contribution in [0.25, 0.3) is 22.8 Å². The lowest BCUT2D eigenvalue weighted by molar-refractivity contribution is -0.394. The van der Waals surface area contributed by atoms with Crippen molar-refractivity contribution in [3.8, 4) is 22.8 Å². The van der Waals surface area contributed by atoms with Gasteiger partial charge in [0.1, 0.15) is 5.15 Å². The molecule has 11 heteroatoms. The van der Waals surface area contributed by atoms with Crippen molar-refractivity contribution in [3.05, 3.63) is 60.9 Å². The van der Waals surface area contributed by atoms with Crippen LogP contribution in [-0.4, -0.2) is 25.0 Å². The molecule has 0 saturated carbocycles. The third-order valence-electron chi connectivity index (χ3n) is 3.52. The summed E-state index contributed by atoms with van der Waals surface area (Å²) in [6.07, 6.45) is 0. The van der Waals surface area contributed by atoms with Crippen molar-refractivity contribution >= 4 is 23.0 Å². The number of nitro groups is 2. The average Bonchev–Trinajstić information content (AvgIpc) is 3.03. The predicted molar refractivity (Wildman–Crippen MR) is 90.8 cm³/mol. The monoisotopic (exact) mass is 375 g/mol. The molecule has 0 unspecified atom stereocenters. The van der Waals surface area contributed by atoms with Gasteiger partial charge >= 0.3 is 0 Å². The quantitative estimate of drug-likeness (QED) is 0.380. The zero-order chi connectivity index (χ0) is 19.0. The van der Waals surface area contributed by atoms with Crippen LogP contribution in [0.5, 0.6) is 0 Å². The molecule has 10 nitrogen and oxygen atoms in total. The highest BCUT2D eigenvalue weighted by Crippen LogP contribution is 2.32. The molecule has 132 valence electrons. The van der Waals surface area contributed by atoms with E-state index >= 15 is 0 Å². The van der Waals surface area contributed by atoms with E-state index in [4.69, 9.17) is 16.1 Å². The Bertz CT molecular complexity index is 993. The average molecular weight is 376 g/mol. The maximum atomic E-state index is 11.0. The summed E-state index contributed by atoms with van der Waals surface area (Å²) >= 11 is 6.15. The first kappa shape index (κ1) is 17.4. The van der Waals surface area contributed by atoms with Gasteiger partial charge in [0.2, 0.25) is 5.82 Å². The number of aryl methyl sites for hydroxylation is 2. The van der Waals surface area contributed by atoms with Crippen molar-refractivity contribution in [3.63, 3.8) is 0 Å². The molecule has 1 aromatic carbocycles. The summed E-state index contributed by atoms with van der Waals surface area (Å²) in [5, 5.41) is 26.0. The molecule has 0 bridgehead atoms. The van der Waals surface area contributed by atoms with Crippen LogP contribution in [0.15, 0.2) is 28.8 Å². The van der Waals surface area contributed by atoms with Gasteiger partial charge in [0.25, 0.3) is 17.3 Å². The summed E-state index contributed by atoms with van der Waals surface area (Å²) in [4.78, 5) is 28.8. The van der Waals surface area contributed by atoms with E-state index in [-0.39, 0.29) is 22.4 Å². The summed E-state index contributed by atoms with van der Waals surface area (Å²) in [7, 11) is 0. The molecular formula is C15H10ClN5O5. The first-order valence-corrected chi connectivity index (χ1v) is 7.56. The van der Waals surface area contributed by atoms with Crippen LogP contribution in [0, 0.1) is 34.1 Å². The molecule has 3 aromatic rings. The van der Waals surface area contributed by atoms with Crippen LogP contribution in [0.3, 0.4) is 0 Å². The smallest absolute Gasteiger partial charge is 0.277 e. The summed E-state index contributed by atoms with van der Waals surface area (Å²) in [6.45, 7) is 3.58.